The second kappa shape index (κ2) is 8.27. The lowest BCUT2D eigenvalue weighted by atomic mass is 10.1. The van der Waals surface area contributed by atoms with E-state index in [0.29, 0.717) is 28.3 Å². The molecule has 3 rings (SSSR count). The fourth-order valence-corrected chi connectivity index (χ4v) is 3.10. The smallest absolute Gasteiger partial charge is 0.253 e. The fourth-order valence-electron chi connectivity index (χ4n) is 3.10. The third-order valence-electron chi connectivity index (χ3n) is 4.66. The van der Waals surface area contributed by atoms with Crippen LogP contribution in [0.15, 0.2) is 42.5 Å². The maximum Gasteiger partial charge on any atom is 0.253 e. The molecule has 28 heavy (non-hydrogen) atoms. The van der Waals surface area contributed by atoms with Crippen molar-refractivity contribution in [3.63, 3.8) is 0 Å². The molecule has 0 aliphatic rings. The molecule has 3 aromatic rings. The summed E-state index contributed by atoms with van der Waals surface area (Å²) in [4.78, 5) is 17.2. The normalized spacial score (nSPS) is 11.9. The number of aliphatic hydroxyl groups is 1. The molecular formula is C22H24N2O4. The molecular weight excluding hydrogens is 356 g/mol. The molecule has 2 aromatic carbocycles. The van der Waals surface area contributed by atoms with Crippen molar-refractivity contribution in [1.82, 2.24) is 10.3 Å². The Morgan fingerprint density at radius 1 is 1.11 bits per heavy atom. The number of carbonyl (C=O) groups is 1. The lowest BCUT2D eigenvalue weighted by Crippen LogP contribution is -2.29. The van der Waals surface area contributed by atoms with Gasteiger partial charge in [0.25, 0.3) is 5.91 Å². The Bertz CT molecular complexity index is 1020. The first-order chi connectivity index (χ1) is 13.4. The minimum atomic E-state index is -0.939. The Morgan fingerprint density at radius 3 is 2.61 bits per heavy atom. The van der Waals surface area contributed by atoms with Gasteiger partial charge in [0.2, 0.25) is 0 Å². The molecule has 0 saturated carbocycles. The number of hydrogen-bond donors (Lipinski definition) is 2. The lowest BCUT2D eigenvalue weighted by Gasteiger charge is -2.17. The van der Waals surface area contributed by atoms with Crippen molar-refractivity contribution in [1.29, 1.82) is 0 Å². The van der Waals surface area contributed by atoms with E-state index in [-0.39, 0.29) is 12.5 Å². The number of aliphatic hydroxyl groups excluding tert-OH is 1. The van der Waals surface area contributed by atoms with Crippen LogP contribution in [0.2, 0.25) is 0 Å². The highest BCUT2D eigenvalue weighted by atomic mass is 16.5. The molecule has 0 aliphatic heterocycles. The van der Waals surface area contributed by atoms with Gasteiger partial charge >= 0.3 is 0 Å². The largest absolute Gasteiger partial charge is 0.497 e. The van der Waals surface area contributed by atoms with Crippen molar-refractivity contribution >= 4 is 16.8 Å². The highest BCUT2D eigenvalue weighted by Crippen LogP contribution is 2.29. The van der Waals surface area contributed by atoms with Gasteiger partial charge in [-0.25, -0.2) is 0 Å². The van der Waals surface area contributed by atoms with Gasteiger partial charge in [0.1, 0.15) is 17.6 Å². The number of aromatic nitrogens is 1. The average Bonchev–Trinajstić information content (AvgIpc) is 2.70. The number of carbonyl (C=O) groups excluding carboxylic acids is 1. The summed E-state index contributed by atoms with van der Waals surface area (Å²) in [6.45, 7) is 3.84. The zero-order valence-electron chi connectivity index (χ0n) is 16.4. The van der Waals surface area contributed by atoms with Gasteiger partial charge in [-0.3, -0.25) is 9.78 Å². The maximum absolute atomic E-state index is 12.7. The van der Waals surface area contributed by atoms with Crippen LogP contribution in [0.25, 0.3) is 10.9 Å². The molecule has 0 spiro atoms. The molecule has 6 heteroatoms. The Hall–Kier alpha value is -3.12. The maximum atomic E-state index is 12.7. The standard InChI is InChI=1S/C22H24N2O4/c1-13-5-6-15-10-17(14(2)24-19(15)9-13)22(26)23-12-20(25)18-11-16(27-3)7-8-21(18)28-4/h5-11,20,25H,12H2,1-4H3,(H,23,26). The summed E-state index contributed by atoms with van der Waals surface area (Å²) >= 11 is 0. The number of methoxy groups -OCH3 is 2. The SMILES string of the molecule is COc1ccc(OC)c(C(O)CNC(=O)c2cc3ccc(C)cc3nc2C)c1. The van der Waals surface area contributed by atoms with Gasteiger partial charge in [0.15, 0.2) is 0 Å². The Kier molecular flexibility index (Phi) is 5.80. The molecule has 0 saturated heterocycles. The molecule has 0 radical (unpaired) electrons. The van der Waals surface area contributed by atoms with Crippen LogP contribution in [0.1, 0.15) is 33.3 Å². The second-order valence-electron chi connectivity index (χ2n) is 6.65. The van der Waals surface area contributed by atoms with Crippen LogP contribution in [0.5, 0.6) is 11.5 Å². The Labute approximate surface area is 164 Å². The van der Waals surface area contributed by atoms with E-state index >= 15 is 0 Å². The number of nitrogens with one attached hydrogen (secondary N) is 1. The van der Waals surface area contributed by atoms with Crippen LogP contribution in [0.3, 0.4) is 0 Å². The van der Waals surface area contributed by atoms with Crippen molar-refractivity contribution in [3.05, 3.63) is 64.8 Å². The molecule has 0 fully saturated rings. The van der Waals surface area contributed by atoms with E-state index in [2.05, 4.69) is 10.3 Å². The van der Waals surface area contributed by atoms with Gasteiger partial charge in [0, 0.05) is 17.5 Å². The van der Waals surface area contributed by atoms with E-state index in [4.69, 9.17) is 9.47 Å². The number of benzene rings is 2. The number of pyridine rings is 1. The number of ether oxygens (including phenoxy) is 2. The van der Waals surface area contributed by atoms with E-state index in [0.717, 1.165) is 16.5 Å². The third-order valence-corrected chi connectivity index (χ3v) is 4.66. The summed E-state index contributed by atoms with van der Waals surface area (Å²) < 4.78 is 10.5. The van der Waals surface area contributed by atoms with Crippen molar-refractivity contribution in [2.75, 3.05) is 20.8 Å². The summed E-state index contributed by atoms with van der Waals surface area (Å²) in [5, 5.41) is 14.2. The molecule has 1 amide bonds. The first-order valence-electron chi connectivity index (χ1n) is 8.99. The molecule has 146 valence electrons. The molecule has 6 nitrogen and oxygen atoms in total. The first-order valence-corrected chi connectivity index (χ1v) is 8.99. The van der Waals surface area contributed by atoms with Crippen LogP contribution >= 0.6 is 0 Å². The number of aryl methyl sites for hydroxylation is 2. The van der Waals surface area contributed by atoms with E-state index in [1.54, 1.807) is 32.2 Å². The van der Waals surface area contributed by atoms with Gasteiger partial charge in [-0.1, -0.05) is 12.1 Å². The summed E-state index contributed by atoms with van der Waals surface area (Å²) in [5.74, 6) is 0.848. The monoisotopic (exact) mass is 380 g/mol. The second-order valence-corrected chi connectivity index (χ2v) is 6.65. The summed E-state index contributed by atoms with van der Waals surface area (Å²) in [7, 11) is 3.08. The number of fused-ring (bicyclic) bond motifs is 1. The quantitative estimate of drug-likeness (QED) is 0.686. The van der Waals surface area contributed by atoms with E-state index in [1.165, 1.54) is 7.11 Å². The van der Waals surface area contributed by atoms with Gasteiger partial charge < -0.3 is 19.9 Å². The number of rotatable bonds is 6. The highest BCUT2D eigenvalue weighted by Gasteiger charge is 2.17. The van der Waals surface area contributed by atoms with Crippen LogP contribution in [-0.2, 0) is 0 Å². The van der Waals surface area contributed by atoms with Crippen molar-refractivity contribution in [2.24, 2.45) is 0 Å². The van der Waals surface area contributed by atoms with Crippen LogP contribution < -0.4 is 14.8 Å². The van der Waals surface area contributed by atoms with Crippen molar-refractivity contribution in [2.45, 2.75) is 20.0 Å². The minimum Gasteiger partial charge on any atom is -0.497 e. The Balaban J connectivity index is 1.78. The fraction of sp³-hybridized carbons (Fsp3) is 0.273. The van der Waals surface area contributed by atoms with E-state index in [9.17, 15) is 9.90 Å². The molecule has 1 heterocycles. The van der Waals surface area contributed by atoms with Gasteiger partial charge in [0.05, 0.1) is 31.0 Å². The van der Waals surface area contributed by atoms with Gasteiger partial charge in [-0.2, -0.15) is 0 Å². The third kappa shape index (κ3) is 4.07. The lowest BCUT2D eigenvalue weighted by molar-refractivity contribution is 0.0913. The van der Waals surface area contributed by atoms with E-state index in [1.807, 2.05) is 31.2 Å². The average molecular weight is 380 g/mol. The minimum absolute atomic E-state index is 0.0355. The predicted octanol–water partition coefficient (Wildman–Crippen LogP) is 3.33. The molecule has 0 bridgehead atoms. The molecule has 1 aromatic heterocycles. The number of hydrogen-bond acceptors (Lipinski definition) is 5. The molecule has 1 unspecified atom stereocenters. The number of amides is 1. The topological polar surface area (TPSA) is 80.7 Å². The highest BCUT2D eigenvalue weighted by molar-refractivity contribution is 5.98. The molecule has 2 N–H and O–H groups in total. The zero-order chi connectivity index (χ0) is 20.3. The molecule has 0 aliphatic carbocycles. The van der Waals surface area contributed by atoms with Crippen LogP contribution in [-0.4, -0.2) is 36.8 Å². The van der Waals surface area contributed by atoms with Gasteiger partial charge in [-0.15, -0.1) is 0 Å². The van der Waals surface area contributed by atoms with Crippen LogP contribution in [0, 0.1) is 13.8 Å². The van der Waals surface area contributed by atoms with Gasteiger partial charge in [-0.05, 0) is 49.7 Å². The zero-order valence-corrected chi connectivity index (χ0v) is 16.4. The van der Waals surface area contributed by atoms with Crippen molar-refractivity contribution in [3.8, 4) is 11.5 Å². The summed E-state index contributed by atoms with van der Waals surface area (Å²) in [6.07, 6.45) is -0.939. The van der Waals surface area contributed by atoms with E-state index < -0.39 is 6.10 Å². The predicted molar refractivity (Wildman–Crippen MR) is 108 cm³/mol. The first kappa shape index (κ1) is 19.6. The summed E-state index contributed by atoms with van der Waals surface area (Å²) in [6, 6.07) is 12.9. The molecule has 1 atom stereocenters. The Morgan fingerprint density at radius 2 is 1.89 bits per heavy atom. The van der Waals surface area contributed by atoms with Crippen LogP contribution in [0.4, 0.5) is 0 Å². The van der Waals surface area contributed by atoms with Crippen molar-refractivity contribution < 1.29 is 19.4 Å². The number of nitrogens with zero attached hydrogens (tertiary/aromatic N) is 1. The summed E-state index contributed by atoms with van der Waals surface area (Å²) in [5.41, 5.74) is 3.65.